The first-order chi connectivity index (χ1) is 16.5. The highest BCUT2D eigenvalue weighted by atomic mass is 32.1. The van der Waals surface area contributed by atoms with Crippen LogP contribution >= 0.6 is 12.2 Å². The second kappa shape index (κ2) is 11.0. The maximum Gasteiger partial charge on any atom is 0.237 e. The lowest BCUT2D eigenvalue weighted by Gasteiger charge is -2.37. The summed E-state index contributed by atoms with van der Waals surface area (Å²) in [4.78, 5) is 29.1. The number of nitrogens with one attached hydrogen (secondary N) is 3. The van der Waals surface area contributed by atoms with Crippen LogP contribution in [0.3, 0.4) is 0 Å². The van der Waals surface area contributed by atoms with Crippen LogP contribution in [0.15, 0.2) is 42.7 Å². The number of benzene rings is 1. The number of piperazine rings is 1. The standard InChI is InChI=1S/C24H33N7O2S/c1-3-29(4-2)22(32)11-10-20-15-25-23(33)21-14-18(16-30(20)21)28-24(34)27-17-6-8-19(9-7-17)31-13-5-12-26-31/h5-9,12-13,18,20-21H,3-4,10-11,14-16H2,1-2H3,(H,25,33)(H2,27,28,34). The van der Waals surface area contributed by atoms with Crippen molar-refractivity contribution in [3.8, 4) is 5.69 Å². The molecule has 0 spiro atoms. The van der Waals surface area contributed by atoms with Crippen molar-refractivity contribution >= 4 is 34.8 Å². The van der Waals surface area contributed by atoms with Gasteiger partial charge in [-0.15, -0.1) is 0 Å². The van der Waals surface area contributed by atoms with Crippen molar-refractivity contribution in [1.82, 2.24) is 30.2 Å². The van der Waals surface area contributed by atoms with Crippen molar-refractivity contribution in [2.45, 2.75) is 51.2 Å². The number of thiocarbonyl (C=S) groups is 1. The Bertz CT molecular complexity index is 991. The summed E-state index contributed by atoms with van der Waals surface area (Å²) >= 11 is 5.54. The first-order valence-corrected chi connectivity index (χ1v) is 12.4. The minimum atomic E-state index is -0.184. The van der Waals surface area contributed by atoms with Crippen LogP contribution < -0.4 is 16.0 Å². The van der Waals surface area contributed by atoms with Gasteiger partial charge in [-0.25, -0.2) is 4.68 Å². The average Bonchev–Trinajstić information content (AvgIpc) is 3.51. The molecular formula is C24H33N7O2S. The minimum absolute atomic E-state index is 0.0590. The molecule has 2 saturated heterocycles. The fraction of sp³-hybridized carbons (Fsp3) is 0.500. The SMILES string of the molecule is CCN(CC)C(=O)CCC1CNC(=O)C2CC(NC(=S)Nc3ccc(-n4cccn4)cc3)CN12. The van der Waals surface area contributed by atoms with E-state index < -0.39 is 0 Å². The van der Waals surface area contributed by atoms with Crippen LogP contribution in [-0.2, 0) is 9.59 Å². The van der Waals surface area contributed by atoms with Crippen LogP contribution in [0.1, 0.15) is 33.1 Å². The van der Waals surface area contributed by atoms with Crippen molar-refractivity contribution in [2.24, 2.45) is 0 Å². The Hall–Kier alpha value is -2.98. The Morgan fingerprint density at radius 3 is 2.71 bits per heavy atom. The largest absolute Gasteiger partial charge is 0.358 e. The number of hydrogen-bond donors (Lipinski definition) is 3. The van der Waals surface area contributed by atoms with Crippen molar-refractivity contribution < 1.29 is 9.59 Å². The molecule has 4 rings (SSSR count). The highest BCUT2D eigenvalue weighted by Gasteiger charge is 2.43. The molecule has 3 unspecified atom stereocenters. The summed E-state index contributed by atoms with van der Waals surface area (Å²) < 4.78 is 1.80. The molecule has 0 bridgehead atoms. The van der Waals surface area contributed by atoms with Gasteiger partial charge in [-0.2, -0.15) is 5.10 Å². The van der Waals surface area contributed by atoms with Crippen LogP contribution in [0.25, 0.3) is 5.69 Å². The van der Waals surface area contributed by atoms with Crippen molar-refractivity contribution in [2.75, 3.05) is 31.5 Å². The molecule has 34 heavy (non-hydrogen) atoms. The normalized spacial score (nSPS) is 22.1. The molecule has 2 aliphatic rings. The van der Waals surface area contributed by atoms with E-state index in [0.717, 1.165) is 37.4 Å². The quantitative estimate of drug-likeness (QED) is 0.493. The maximum atomic E-state index is 12.5. The van der Waals surface area contributed by atoms with Crippen molar-refractivity contribution in [3.05, 3.63) is 42.7 Å². The van der Waals surface area contributed by atoms with Crippen LogP contribution in [0.2, 0.25) is 0 Å². The predicted molar refractivity (Wildman–Crippen MR) is 136 cm³/mol. The molecule has 3 heterocycles. The third-order valence-corrected chi connectivity index (χ3v) is 6.88. The summed E-state index contributed by atoms with van der Waals surface area (Å²) in [6.45, 7) is 6.76. The van der Waals surface area contributed by atoms with E-state index in [2.05, 4.69) is 25.9 Å². The van der Waals surface area contributed by atoms with E-state index >= 15 is 0 Å². The number of carbonyl (C=O) groups excluding carboxylic acids is 2. The predicted octanol–water partition coefficient (Wildman–Crippen LogP) is 1.75. The summed E-state index contributed by atoms with van der Waals surface area (Å²) in [6.07, 6.45) is 5.56. The second-order valence-corrected chi connectivity index (χ2v) is 9.15. The molecule has 182 valence electrons. The molecule has 0 radical (unpaired) electrons. The van der Waals surface area contributed by atoms with Crippen LogP contribution in [0, 0.1) is 0 Å². The van der Waals surface area contributed by atoms with Gasteiger partial charge in [0.15, 0.2) is 5.11 Å². The molecule has 2 fully saturated rings. The molecule has 3 atom stereocenters. The highest BCUT2D eigenvalue weighted by Crippen LogP contribution is 2.26. The summed E-state index contributed by atoms with van der Waals surface area (Å²) in [5, 5.41) is 14.4. The molecule has 3 N–H and O–H groups in total. The smallest absolute Gasteiger partial charge is 0.237 e. The Kier molecular flexibility index (Phi) is 7.79. The summed E-state index contributed by atoms with van der Waals surface area (Å²) in [5.41, 5.74) is 1.85. The molecule has 10 heteroatoms. The summed E-state index contributed by atoms with van der Waals surface area (Å²) in [6, 6.07) is 9.79. The van der Waals surface area contributed by atoms with Crippen molar-refractivity contribution in [1.29, 1.82) is 0 Å². The first-order valence-electron chi connectivity index (χ1n) is 12.0. The van der Waals surface area contributed by atoms with Crippen LogP contribution in [0.4, 0.5) is 5.69 Å². The lowest BCUT2D eigenvalue weighted by molar-refractivity contribution is -0.132. The van der Waals surface area contributed by atoms with Gasteiger partial charge in [0.2, 0.25) is 11.8 Å². The van der Waals surface area contributed by atoms with Gasteiger partial charge in [0.1, 0.15) is 0 Å². The minimum Gasteiger partial charge on any atom is -0.358 e. The monoisotopic (exact) mass is 483 g/mol. The summed E-state index contributed by atoms with van der Waals surface area (Å²) in [5.74, 6) is 0.236. The third kappa shape index (κ3) is 5.56. The number of nitrogens with zero attached hydrogens (tertiary/aromatic N) is 4. The van der Waals surface area contributed by atoms with E-state index in [9.17, 15) is 9.59 Å². The second-order valence-electron chi connectivity index (χ2n) is 8.74. The van der Waals surface area contributed by atoms with E-state index in [1.54, 1.807) is 10.9 Å². The fourth-order valence-corrected chi connectivity index (χ4v) is 5.13. The van der Waals surface area contributed by atoms with Gasteiger partial charge in [0.25, 0.3) is 0 Å². The average molecular weight is 484 g/mol. The van der Waals surface area contributed by atoms with E-state index in [1.165, 1.54) is 0 Å². The Morgan fingerprint density at radius 2 is 2.03 bits per heavy atom. The Morgan fingerprint density at radius 1 is 1.26 bits per heavy atom. The molecule has 2 aromatic rings. The zero-order valence-corrected chi connectivity index (χ0v) is 20.6. The molecule has 2 aliphatic heterocycles. The van der Waals surface area contributed by atoms with E-state index in [0.29, 0.717) is 24.5 Å². The third-order valence-electron chi connectivity index (χ3n) is 6.66. The van der Waals surface area contributed by atoms with Gasteiger partial charge in [-0.1, -0.05) is 0 Å². The molecule has 2 amide bonds. The fourth-order valence-electron chi connectivity index (χ4n) is 4.84. The van der Waals surface area contributed by atoms with Gasteiger partial charge < -0.3 is 20.9 Å². The number of amides is 2. The zero-order chi connectivity index (χ0) is 24.1. The Balaban J connectivity index is 1.30. The van der Waals surface area contributed by atoms with Gasteiger partial charge in [0.05, 0.1) is 11.7 Å². The van der Waals surface area contributed by atoms with Crippen molar-refractivity contribution in [3.63, 3.8) is 0 Å². The van der Waals surface area contributed by atoms with Gasteiger partial charge in [-0.3, -0.25) is 14.5 Å². The zero-order valence-electron chi connectivity index (χ0n) is 19.7. The van der Waals surface area contributed by atoms with Gasteiger partial charge in [-0.05, 0) is 69.2 Å². The van der Waals surface area contributed by atoms with Crippen LogP contribution in [0.5, 0.6) is 0 Å². The molecule has 0 aliphatic carbocycles. The topological polar surface area (TPSA) is 94.5 Å². The molecule has 9 nitrogen and oxygen atoms in total. The lowest BCUT2D eigenvalue weighted by Crippen LogP contribution is -2.58. The number of aromatic nitrogens is 2. The molecule has 1 aromatic carbocycles. The molecular weight excluding hydrogens is 450 g/mol. The lowest BCUT2D eigenvalue weighted by atomic mass is 10.0. The number of rotatable bonds is 8. The Labute approximate surface area is 205 Å². The molecule has 0 saturated carbocycles. The van der Waals surface area contributed by atoms with E-state index in [4.69, 9.17) is 12.2 Å². The highest BCUT2D eigenvalue weighted by molar-refractivity contribution is 7.80. The number of carbonyl (C=O) groups is 2. The first kappa shape index (κ1) is 24.2. The number of anilines is 1. The molecule has 1 aromatic heterocycles. The number of fused-ring (bicyclic) bond motifs is 1. The van der Waals surface area contributed by atoms with E-state index in [-0.39, 0.29) is 29.9 Å². The van der Waals surface area contributed by atoms with Gasteiger partial charge in [0, 0.05) is 62.8 Å². The van der Waals surface area contributed by atoms with Crippen LogP contribution in [-0.4, -0.2) is 80.8 Å². The van der Waals surface area contributed by atoms with E-state index in [1.807, 2.05) is 55.3 Å². The number of hydrogen-bond acceptors (Lipinski definition) is 5. The summed E-state index contributed by atoms with van der Waals surface area (Å²) in [7, 11) is 0. The maximum absolute atomic E-state index is 12.5. The van der Waals surface area contributed by atoms with Gasteiger partial charge >= 0.3 is 0 Å².